The number of nitrogens with zero attached hydrogens (tertiary/aromatic N) is 2. The Kier molecular flexibility index (Phi) is 6.23. The van der Waals surface area contributed by atoms with E-state index in [1.165, 1.54) is 16.8 Å². The fourth-order valence-electron chi connectivity index (χ4n) is 4.23. The van der Waals surface area contributed by atoms with Gasteiger partial charge in [0.25, 0.3) is 0 Å². The zero-order chi connectivity index (χ0) is 18.7. The van der Waals surface area contributed by atoms with Gasteiger partial charge in [-0.1, -0.05) is 45.9 Å². The molecule has 0 atom stereocenters. The zero-order valence-corrected chi connectivity index (χ0v) is 16.8. The quantitative estimate of drug-likeness (QED) is 0.815. The zero-order valence-electron chi connectivity index (χ0n) is 16.8. The van der Waals surface area contributed by atoms with E-state index in [1.807, 2.05) is 0 Å². The molecule has 2 aliphatic rings. The first kappa shape index (κ1) is 19.2. The number of hydrogen-bond acceptors (Lipinski definition) is 3. The van der Waals surface area contributed by atoms with Gasteiger partial charge in [-0.15, -0.1) is 0 Å². The van der Waals surface area contributed by atoms with Crippen LogP contribution in [0.3, 0.4) is 0 Å². The molecule has 0 bridgehead atoms. The molecule has 0 aliphatic carbocycles. The van der Waals surface area contributed by atoms with E-state index < -0.39 is 0 Å². The highest BCUT2D eigenvalue weighted by atomic mass is 16.5. The van der Waals surface area contributed by atoms with E-state index in [0.29, 0.717) is 17.7 Å². The maximum absolute atomic E-state index is 12.8. The molecule has 0 radical (unpaired) electrons. The summed E-state index contributed by atoms with van der Waals surface area (Å²) in [4.78, 5) is 17.4. The molecular weight excluding hydrogens is 324 g/mol. The summed E-state index contributed by atoms with van der Waals surface area (Å²) in [5.41, 5.74) is 4.27. The van der Waals surface area contributed by atoms with Gasteiger partial charge in [0.15, 0.2) is 0 Å². The van der Waals surface area contributed by atoms with Crippen molar-refractivity contribution in [2.75, 3.05) is 44.3 Å². The van der Waals surface area contributed by atoms with Crippen LogP contribution in [0.15, 0.2) is 18.2 Å². The Morgan fingerprint density at radius 3 is 2.00 bits per heavy atom. The molecule has 0 N–H and O–H groups in total. The van der Waals surface area contributed by atoms with Gasteiger partial charge in [-0.05, 0) is 35.8 Å². The Morgan fingerprint density at radius 1 is 0.962 bits per heavy atom. The van der Waals surface area contributed by atoms with E-state index in [2.05, 4.69) is 55.7 Å². The van der Waals surface area contributed by atoms with Gasteiger partial charge in [0.05, 0.1) is 0 Å². The summed E-state index contributed by atoms with van der Waals surface area (Å²) in [7, 11) is 0. The molecule has 0 unspecified atom stereocenters. The van der Waals surface area contributed by atoms with Gasteiger partial charge in [0, 0.05) is 51.0 Å². The second-order valence-corrected chi connectivity index (χ2v) is 8.29. The molecule has 1 amide bonds. The average Bonchev–Trinajstić information content (AvgIpc) is 2.67. The van der Waals surface area contributed by atoms with Gasteiger partial charge >= 0.3 is 0 Å². The van der Waals surface area contributed by atoms with Gasteiger partial charge in [-0.3, -0.25) is 4.79 Å². The van der Waals surface area contributed by atoms with Crippen molar-refractivity contribution < 1.29 is 9.53 Å². The van der Waals surface area contributed by atoms with E-state index in [1.54, 1.807) is 0 Å². The number of amides is 1. The van der Waals surface area contributed by atoms with Crippen LogP contribution in [0.1, 0.15) is 63.5 Å². The van der Waals surface area contributed by atoms with Gasteiger partial charge in [0.1, 0.15) is 0 Å². The SMILES string of the molecule is CC(C)c1cccc(C(C)C)c1N1CCN(C(=O)C2CCOCC2)CC1. The summed E-state index contributed by atoms with van der Waals surface area (Å²) < 4.78 is 5.40. The summed E-state index contributed by atoms with van der Waals surface area (Å²) in [5, 5.41) is 0. The lowest BCUT2D eigenvalue weighted by atomic mass is 9.91. The summed E-state index contributed by atoms with van der Waals surface area (Å²) in [5.74, 6) is 1.52. The average molecular weight is 359 g/mol. The summed E-state index contributed by atoms with van der Waals surface area (Å²) in [6.45, 7) is 14.1. The molecule has 2 saturated heterocycles. The Labute approximate surface area is 158 Å². The molecule has 1 aromatic carbocycles. The monoisotopic (exact) mass is 358 g/mol. The minimum atomic E-state index is 0.171. The Hall–Kier alpha value is -1.55. The van der Waals surface area contributed by atoms with Crippen molar-refractivity contribution in [3.63, 3.8) is 0 Å². The van der Waals surface area contributed by atoms with Crippen molar-refractivity contribution in [3.8, 4) is 0 Å². The minimum absolute atomic E-state index is 0.171. The van der Waals surface area contributed by atoms with Gasteiger partial charge in [0.2, 0.25) is 5.91 Å². The number of para-hydroxylation sites is 1. The number of rotatable bonds is 4. The van der Waals surface area contributed by atoms with E-state index in [-0.39, 0.29) is 5.92 Å². The highest BCUT2D eigenvalue weighted by Crippen LogP contribution is 2.36. The summed E-state index contributed by atoms with van der Waals surface area (Å²) in [6, 6.07) is 6.73. The summed E-state index contributed by atoms with van der Waals surface area (Å²) >= 11 is 0. The first-order chi connectivity index (χ1) is 12.5. The molecule has 2 aliphatic heterocycles. The Balaban J connectivity index is 1.72. The molecule has 26 heavy (non-hydrogen) atoms. The molecule has 144 valence electrons. The molecule has 2 heterocycles. The van der Waals surface area contributed by atoms with Crippen molar-refractivity contribution in [2.45, 2.75) is 52.4 Å². The van der Waals surface area contributed by atoms with Crippen LogP contribution in [0.2, 0.25) is 0 Å². The maximum atomic E-state index is 12.8. The Morgan fingerprint density at radius 2 is 1.50 bits per heavy atom. The van der Waals surface area contributed by atoms with Crippen LogP contribution in [-0.2, 0) is 9.53 Å². The smallest absolute Gasteiger partial charge is 0.225 e. The van der Waals surface area contributed by atoms with Crippen molar-refractivity contribution in [1.29, 1.82) is 0 Å². The molecule has 0 aromatic heterocycles. The predicted molar refractivity (Wildman–Crippen MR) is 107 cm³/mol. The van der Waals surface area contributed by atoms with Crippen molar-refractivity contribution in [2.24, 2.45) is 5.92 Å². The number of anilines is 1. The van der Waals surface area contributed by atoms with Crippen LogP contribution in [0.5, 0.6) is 0 Å². The van der Waals surface area contributed by atoms with E-state index in [0.717, 1.165) is 52.2 Å². The lowest BCUT2D eigenvalue weighted by molar-refractivity contribution is -0.138. The minimum Gasteiger partial charge on any atom is -0.381 e. The molecule has 4 nitrogen and oxygen atoms in total. The standard InChI is InChI=1S/C22H34N2O2/c1-16(2)19-6-5-7-20(17(3)4)21(19)23-10-12-24(13-11-23)22(25)18-8-14-26-15-9-18/h5-7,16-18H,8-15H2,1-4H3. The third-order valence-corrected chi connectivity index (χ3v) is 5.82. The number of carbonyl (C=O) groups is 1. The normalized spacial score (nSPS) is 19.5. The van der Waals surface area contributed by atoms with Gasteiger partial charge < -0.3 is 14.5 Å². The number of carbonyl (C=O) groups excluding carboxylic acids is 1. The van der Waals surface area contributed by atoms with E-state index in [4.69, 9.17) is 4.74 Å². The fraction of sp³-hybridized carbons (Fsp3) is 0.682. The Bertz CT molecular complexity index is 586. The first-order valence-electron chi connectivity index (χ1n) is 10.2. The molecule has 1 aromatic rings. The number of ether oxygens (including phenoxy) is 1. The molecule has 0 saturated carbocycles. The third kappa shape index (κ3) is 4.06. The topological polar surface area (TPSA) is 32.8 Å². The van der Waals surface area contributed by atoms with Crippen molar-refractivity contribution in [3.05, 3.63) is 29.3 Å². The van der Waals surface area contributed by atoms with Crippen LogP contribution in [0.25, 0.3) is 0 Å². The molecule has 3 rings (SSSR count). The van der Waals surface area contributed by atoms with Crippen molar-refractivity contribution in [1.82, 2.24) is 4.90 Å². The van der Waals surface area contributed by atoms with Crippen LogP contribution >= 0.6 is 0 Å². The van der Waals surface area contributed by atoms with Crippen LogP contribution in [0, 0.1) is 5.92 Å². The number of benzene rings is 1. The number of hydrogen-bond donors (Lipinski definition) is 0. The van der Waals surface area contributed by atoms with Crippen LogP contribution < -0.4 is 4.90 Å². The predicted octanol–water partition coefficient (Wildman–Crippen LogP) is 4.01. The highest BCUT2D eigenvalue weighted by Gasteiger charge is 2.30. The lowest BCUT2D eigenvalue weighted by Gasteiger charge is -2.40. The third-order valence-electron chi connectivity index (χ3n) is 5.82. The summed E-state index contributed by atoms with van der Waals surface area (Å²) in [6.07, 6.45) is 1.76. The second-order valence-electron chi connectivity index (χ2n) is 8.29. The largest absolute Gasteiger partial charge is 0.381 e. The highest BCUT2D eigenvalue weighted by molar-refractivity contribution is 5.79. The van der Waals surface area contributed by atoms with Crippen LogP contribution in [-0.4, -0.2) is 50.2 Å². The molecule has 2 fully saturated rings. The lowest BCUT2D eigenvalue weighted by Crippen LogP contribution is -2.51. The maximum Gasteiger partial charge on any atom is 0.225 e. The molecular formula is C22H34N2O2. The first-order valence-corrected chi connectivity index (χ1v) is 10.2. The van der Waals surface area contributed by atoms with E-state index >= 15 is 0 Å². The van der Waals surface area contributed by atoms with Crippen molar-refractivity contribution >= 4 is 11.6 Å². The second kappa shape index (κ2) is 8.43. The number of piperazine rings is 1. The molecule has 4 heteroatoms. The van der Waals surface area contributed by atoms with Gasteiger partial charge in [-0.25, -0.2) is 0 Å². The van der Waals surface area contributed by atoms with E-state index in [9.17, 15) is 4.79 Å². The van der Waals surface area contributed by atoms with Crippen LogP contribution in [0.4, 0.5) is 5.69 Å². The fourth-order valence-corrected chi connectivity index (χ4v) is 4.23. The molecule has 0 spiro atoms. The van der Waals surface area contributed by atoms with Gasteiger partial charge in [-0.2, -0.15) is 0 Å².